The number of carboxylic acids is 1. The van der Waals surface area contributed by atoms with Gasteiger partial charge < -0.3 is 19.3 Å². The minimum Gasteiger partial charge on any atom is -0.497 e. The Morgan fingerprint density at radius 1 is 1.12 bits per heavy atom. The summed E-state index contributed by atoms with van der Waals surface area (Å²) in [5, 5.41) is 20.1. The van der Waals surface area contributed by atoms with Crippen molar-refractivity contribution in [2.75, 3.05) is 14.2 Å². The van der Waals surface area contributed by atoms with Crippen LogP contribution in [0.25, 0.3) is 0 Å². The molecule has 0 saturated heterocycles. The maximum absolute atomic E-state index is 11.1. The van der Waals surface area contributed by atoms with Crippen molar-refractivity contribution in [2.45, 2.75) is 6.61 Å². The summed E-state index contributed by atoms with van der Waals surface area (Å²) in [7, 11) is 2.88. The molecule has 0 aromatic heterocycles. The fourth-order valence-corrected chi connectivity index (χ4v) is 2.03. The summed E-state index contributed by atoms with van der Waals surface area (Å²) in [5.41, 5.74) is -0.218. The van der Waals surface area contributed by atoms with Gasteiger partial charge in [-0.1, -0.05) is 12.1 Å². The highest BCUT2D eigenvalue weighted by Gasteiger charge is 2.24. The van der Waals surface area contributed by atoms with Gasteiger partial charge in [0.2, 0.25) is 0 Å². The van der Waals surface area contributed by atoms with Gasteiger partial charge in [0.05, 0.1) is 25.2 Å². The first-order valence-electron chi connectivity index (χ1n) is 6.81. The van der Waals surface area contributed by atoms with Crippen LogP contribution in [0.4, 0.5) is 5.69 Å². The van der Waals surface area contributed by atoms with E-state index in [-0.39, 0.29) is 18.1 Å². The van der Waals surface area contributed by atoms with Gasteiger partial charge in [0.15, 0.2) is 11.5 Å². The van der Waals surface area contributed by atoms with Crippen LogP contribution >= 0.6 is 0 Å². The zero-order chi connectivity index (χ0) is 17.7. The smallest absolute Gasteiger partial charge is 0.342 e. The second-order valence-corrected chi connectivity index (χ2v) is 4.72. The lowest BCUT2D eigenvalue weighted by Gasteiger charge is -2.12. The molecule has 0 bridgehead atoms. The van der Waals surface area contributed by atoms with E-state index in [1.807, 2.05) is 0 Å². The fourth-order valence-electron chi connectivity index (χ4n) is 2.03. The number of nitro benzene ring substituents is 1. The molecule has 0 aliphatic rings. The Hall–Kier alpha value is -3.29. The van der Waals surface area contributed by atoms with Gasteiger partial charge in [-0.3, -0.25) is 10.1 Å². The molecule has 0 aliphatic heterocycles. The topological polar surface area (TPSA) is 108 Å². The highest BCUT2D eigenvalue weighted by Crippen LogP contribution is 2.35. The first-order chi connectivity index (χ1) is 11.5. The maximum atomic E-state index is 11.1. The SMILES string of the molecule is COc1ccc(COc2cc([N+](=O)[O-])c(C(=O)O)cc2OC)cc1. The van der Waals surface area contributed by atoms with Crippen molar-refractivity contribution in [3.05, 3.63) is 57.6 Å². The summed E-state index contributed by atoms with van der Waals surface area (Å²) in [6.07, 6.45) is 0. The number of hydrogen-bond donors (Lipinski definition) is 1. The number of aromatic carboxylic acids is 1. The summed E-state index contributed by atoms with van der Waals surface area (Å²) in [6, 6.07) is 9.20. The van der Waals surface area contributed by atoms with Crippen molar-refractivity contribution in [3.8, 4) is 17.2 Å². The minimum absolute atomic E-state index is 0.0880. The second kappa shape index (κ2) is 7.32. The third-order valence-corrected chi connectivity index (χ3v) is 3.26. The number of nitro groups is 1. The number of carbonyl (C=O) groups is 1. The van der Waals surface area contributed by atoms with E-state index in [4.69, 9.17) is 19.3 Å². The molecule has 24 heavy (non-hydrogen) atoms. The summed E-state index contributed by atoms with van der Waals surface area (Å²) < 4.78 is 15.7. The van der Waals surface area contributed by atoms with E-state index in [0.29, 0.717) is 5.75 Å². The van der Waals surface area contributed by atoms with Crippen LogP contribution in [0.15, 0.2) is 36.4 Å². The summed E-state index contributed by atoms with van der Waals surface area (Å²) in [4.78, 5) is 21.4. The van der Waals surface area contributed by atoms with Crippen molar-refractivity contribution in [3.63, 3.8) is 0 Å². The van der Waals surface area contributed by atoms with Crippen LogP contribution in [0.3, 0.4) is 0 Å². The third kappa shape index (κ3) is 3.72. The van der Waals surface area contributed by atoms with E-state index in [2.05, 4.69) is 0 Å². The predicted molar refractivity (Wildman–Crippen MR) is 83.9 cm³/mol. The van der Waals surface area contributed by atoms with Gasteiger partial charge in [-0.15, -0.1) is 0 Å². The van der Waals surface area contributed by atoms with Gasteiger partial charge >= 0.3 is 5.97 Å². The molecule has 0 amide bonds. The van der Waals surface area contributed by atoms with Gasteiger partial charge in [-0.05, 0) is 17.7 Å². The van der Waals surface area contributed by atoms with Crippen LogP contribution in [0.1, 0.15) is 15.9 Å². The predicted octanol–water partition coefficient (Wildman–Crippen LogP) is 2.89. The van der Waals surface area contributed by atoms with Gasteiger partial charge in [0, 0.05) is 6.07 Å². The summed E-state index contributed by atoms with van der Waals surface area (Å²) in [6.45, 7) is 0.129. The molecule has 0 aliphatic carbocycles. The zero-order valence-corrected chi connectivity index (χ0v) is 13.0. The normalized spacial score (nSPS) is 10.1. The Morgan fingerprint density at radius 2 is 1.79 bits per heavy atom. The summed E-state index contributed by atoms with van der Waals surface area (Å²) >= 11 is 0. The highest BCUT2D eigenvalue weighted by molar-refractivity contribution is 5.93. The number of benzene rings is 2. The average molecular weight is 333 g/mol. The van der Waals surface area contributed by atoms with Gasteiger partial charge in [0.1, 0.15) is 17.9 Å². The van der Waals surface area contributed by atoms with E-state index in [1.54, 1.807) is 31.4 Å². The lowest BCUT2D eigenvalue weighted by atomic mass is 10.1. The number of carboxylic acid groups (broad SMARTS) is 1. The molecule has 0 spiro atoms. The van der Waals surface area contributed by atoms with E-state index in [0.717, 1.165) is 17.7 Å². The molecular formula is C16H15NO7. The molecule has 2 rings (SSSR count). The molecule has 0 unspecified atom stereocenters. The van der Waals surface area contributed by atoms with Gasteiger partial charge in [-0.2, -0.15) is 0 Å². The van der Waals surface area contributed by atoms with Crippen molar-refractivity contribution in [1.82, 2.24) is 0 Å². The molecule has 0 heterocycles. The first kappa shape index (κ1) is 17.1. The Balaban J connectivity index is 2.29. The number of methoxy groups -OCH3 is 2. The number of rotatable bonds is 7. The molecule has 0 atom stereocenters. The molecule has 2 aromatic rings. The maximum Gasteiger partial charge on any atom is 0.342 e. The molecule has 0 fully saturated rings. The Morgan fingerprint density at radius 3 is 2.29 bits per heavy atom. The van der Waals surface area contributed by atoms with Crippen LogP contribution in [0.2, 0.25) is 0 Å². The lowest BCUT2D eigenvalue weighted by molar-refractivity contribution is -0.385. The van der Waals surface area contributed by atoms with Crippen molar-refractivity contribution in [1.29, 1.82) is 0 Å². The molecule has 0 radical (unpaired) electrons. The Bertz CT molecular complexity index is 756. The molecular weight excluding hydrogens is 318 g/mol. The number of ether oxygens (including phenoxy) is 3. The standard InChI is InChI=1S/C16H15NO7/c1-22-11-5-3-10(4-6-11)9-24-15-8-13(17(20)21)12(16(18)19)7-14(15)23-2/h3-8H,9H2,1-2H3,(H,18,19). The monoisotopic (exact) mass is 333 g/mol. The van der Waals surface area contributed by atoms with Crippen LogP contribution in [-0.4, -0.2) is 30.2 Å². The van der Waals surface area contributed by atoms with Crippen LogP contribution < -0.4 is 14.2 Å². The molecule has 126 valence electrons. The Labute approximate surface area is 137 Å². The molecule has 1 N–H and O–H groups in total. The molecule has 0 saturated carbocycles. The van der Waals surface area contributed by atoms with Crippen LogP contribution in [0.5, 0.6) is 17.2 Å². The highest BCUT2D eigenvalue weighted by atomic mass is 16.6. The van der Waals surface area contributed by atoms with Crippen molar-refractivity contribution >= 4 is 11.7 Å². The third-order valence-electron chi connectivity index (χ3n) is 3.26. The second-order valence-electron chi connectivity index (χ2n) is 4.72. The molecule has 8 heteroatoms. The minimum atomic E-state index is -1.42. The first-order valence-corrected chi connectivity index (χ1v) is 6.81. The van der Waals surface area contributed by atoms with Crippen molar-refractivity contribution < 1.29 is 29.0 Å². The van der Waals surface area contributed by atoms with Gasteiger partial charge in [0.25, 0.3) is 5.69 Å². The lowest BCUT2D eigenvalue weighted by Crippen LogP contribution is -2.05. The number of hydrogen-bond acceptors (Lipinski definition) is 6. The largest absolute Gasteiger partial charge is 0.497 e. The number of nitrogens with zero attached hydrogens (tertiary/aromatic N) is 1. The van der Waals surface area contributed by atoms with E-state index < -0.39 is 22.1 Å². The van der Waals surface area contributed by atoms with E-state index in [1.165, 1.54) is 7.11 Å². The van der Waals surface area contributed by atoms with Gasteiger partial charge in [-0.25, -0.2) is 4.79 Å². The van der Waals surface area contributed by atoms with E-state index >= 15 is 0 Å². The molecule has 2 aromatic carbocycles. The van der Waals surface area contributed by atoms with E-state index in [9.17, 15) is 14.9 Å². The van der Waals surface area contributed by atoms with Crippen LogP contribution in [-0.2, 0) is 6.61 Å². The Kier molecular flexibility index (Phi) is 5.20. The van der Waals surface area contributed by atoms with Crippen molar-refractivity contribution in [2.24, 2.45) is 0 Å². The fraction of sp³-hybridized carbons (Fsp3) is 0.188. The molecule has 8 nitrogen and oxygen atoms in total. The van der Waals surface area contributed by atoms with Crippen LogP contribution in [0, 0.1) is 10.1 Å². The zero-order valence-electron chi connectivity index (χ0n) is 13.0. The quantitative estimate of drug-likeness (QED) is 0.613. The average Bonchev–Trinajstić information content (AvgIpc) is 2.59. The summed E-state index contributed by atoms with van der Waals surface area (Å²) in [5.74, 6) is -0.531.